The highest BCUT2D eigenvalue weighted by Gasteiger charge is 2.39. The van der Waals surface area contributed by atoms with E-state index < -0.39 is 16.1 Å². The number of amides is 1. The maximum absolute atomic E-state index is 13.3. The van der Waals surface area contributed by atoms with E-state index in [9.17, 15) is 13.2 Å². The SMILES string of the molecule is COCCCn1nnc2cc(S(=O)(=O)N3CCC[C@H]3C(=O)NCc3cccnc3)ccc21. The summed E-state index contributed by atoms with van der Waals surface area (Å²) in [6, 6.07) is 7.69. The van der Waals surface area contributed by atoms with Crippen LogP contribution in [0, 0.1) is 0 Å². The number of hydrogen-bond donors (Lipinski definition) is 1. The van der Waals surface area contributed by atoms with E-state index in [4.69, 9.17) is 4.74 Å². The Hall–Kier alpha value is -2.89. The summed E-state index contributed by atoms with van der Waals surface area (Å²) in [6.07, 6.45) is 5.21. The number of aryl methyl sites for hydroxylation is 1. The molecule has 2 aromatic heterocycles. The summed E-state index contributed by atoms with van der Waals surface area (Å²) < 4.78 is 34.8. The minimum absolute atomic E-state index is 0.112. The molecule has 1 amide bonds. The van der Waals surface area contributed by atoms with Crippen molar-refractivity contribution in [3.63, 3.8) is 0 Å². The lowest BCUT2D eigenvalue weighted by Crippen LogP contribution is -2.45. The first-order valence-corrected chi connectivity index (χ1v) is 12.0. The fourth-order valence-corrected chi connectivity index (χ4v) is 5.55. The lowest BCUT2D eigenvalue weighted by atomic mass is 10.2. The largest absolute Gasteiger partial charge is 0.385 e. The van der Waals surface area contributed by atoms with Gasteiger partial charge in [-0.1, -0.05) is 11.3 Å². The Morgan fingerprint density at radius 3 is 2.97 bits per heavy atom. The third-order valence-corrected chi connectivity index (χ3v) is 7.41. The summed E-state index contributed by atoms with van der Waals surface area (Å²) >= 11 is 0. The first-order valence-electron chi connectivity index (χ1n) is 10.5. The van der Waals surface area contributed by atoms with Crippen LogP contribution in [-0.2, 0) is 32.6 Å². The van der Waals surface area contributed by atoms with Crippen molar-refractivity contribution >= 4 is 27.0 Å². The number of nitrogens with one attached hydrogen (secondary N) is 1. The first-order chi connectivity index (χ1) is 15.5. The first kappa shape index (κ1) is 22.3. The van der Waals surface area contributed by atoms with Crippen molar-refractivity contribution in [2.45, 2.75) is 43.3 Å². The van der Waals surface area contributed by atoms with Crippen molar-refractivity contribution in [1.82, 2.24) is 29.6 Å². The van der Waals surface area contributed by atoms with Crippen LogP contribution >= 0.6 is 0 Å². The monoisotopic (exact) mass is 458 g/mol. The molecule has 1 saturated heterocycles. The molecule has 1 N–H and O–H groups in total. The van der Waals surface area contributed by atoms with Crippen LogP contribution in [-0.4, -0.2) is 64.9 Å². The van der Waals surface area contributed by atoms with Crippen LogP contribution in [0.5, 0.6) is 0 Å². The number of rotatable bonds is 9. The lowest BCUT2D eigenvalue weighted by Gasteiger charge is -2.23. The smallest absolute Gasteiger partial charge is 0.243 e. The van der Waals surface area contributed by atoms with E-state index in [1.807, 2.05) is 6.07 Å². The Balaban J connectivity index is 1.50. The number of carbonyl (C=O) groups is 1. The van der Waals surface area contributed by atoms with Gasteiger partial charge >= 0.3 is 0 Å². The summed E-state index contributed by atoms with van der Waals surface area (Å²) in [6.45, 7) is 1.83. The second kappa shape index (κ2) is 9.72. The van der Waals surface area contributed by atoms with Crippen molar-refractivity contribution < 1.29 is 17.9 Å². The van der Waals surface area contributed by atoms with Crippen LogP contribution in [0.15, 0.2) is 47.6 Å². The van der Waals surface area contributed by atoms with Crippen LogP contribution in [0.1, 0.15) is 24.8 Å². The molecule has 3 aromatic rings. The number of ether oxygens (including phenoxy) is 1. The van der Waals surface area contributed by atoms with Gasteiger partial charge in [0.1, 0.15) is 11.6 Å². The quantitative estimate of drug-likeness (QED) is 0.481. The molecule has 1 aromatic carbocycles. The van der Waals surface area contributed by atoms with Crippen molar-refractivity contribution in [3.8, 4) is 0 Å². The van der Waals surface area contributed by atoms with Gasteiger partial charge in [0.2, 0.25) is 15.9 Å². The maximum atomic E-state index is 13.3. The Morgan fingerprint density at radius 1 is 1.31 bits per heavy atom. The van der Waals surface area contributed by atoms with Crippen LogP contribution < -0.4 is 5.32 Å². The number of benzene rings is 1. The fraction of sp³-hybridized carbons (Fsp3) is 0.429. The number of sulfonamides is 1. The number of nitrogens with zero attached hydrogens (tertiary/aromatic N) is 5. The van der Waals surface area contributed by atoms with Crippen molar-refractivity contribution in [3.05, 3.63) is 48.3 Å². The summed E-state index contributed by atoms with van der Waals surface area (Å²) in [5.41, 5.74) is 2.11. The number of pyridine rings is 1. The minimum atomic E-state index is -3.86. The molecule has 1 fully saturated rings. The average Bonchev–Trinajstić information content (AvgIpc) is 3.46. The molecule has 3 heterocycles. The van der Waals surface area contributed by atoms with E-state index in [0.717, 1.165) is 17.5 Å². The highest BCUT2D eigenvalue weighted by molar-refractivity contribution is 7.89. The molecule has 4 rings (SSSR count). The molecule has 170 valence electrons. The van der Waals surface area contributed by atoms with Crippen molar-refractivity contribution in [2.75, 3.05) is 20.3 Å². The van der Waals surface area contributed by atoms with Gasteiger partial charge in [0, 0.05) is 45.7 Å². The Labute approximate surface area is 186 Å². The normalized spacial score (nSPS) is 17.1. The van der Waals surface area contributed by atoms with Gasteiger partial charge in [0.25, 0.3) is 0 Å². The molecule has 0 aliphatic carbocycles. The van der Waals surface area contributed by atoms with Crippen LogP contribution in [0.4, 0.5) is 0 Å². The molecule has 0 radical (unpaired) electrons. The van der Waals surface area contributed by atoms with Gasteiger partial charge in [-0.2, -0.15) is 4.31 Å². The summed E-state index contributed by atoms with van der Waals surface area (Å²) in [7, 11) is -2.22. The van der Waals surface area contributed by atoms with Crippen LogP contribution in [0.3, 0.4) is 0 Å². The Bertz CT molecular complexity index is 1180. The van der Waals surface area contributed by atoms with E-state index in [1.54, 1.807) is 42.4 Å². The third kappa shape index (κ3) is 4.64. The molecule has 0 saturated carbocycles. The summed E-state index contributed by atoms with van der Waals surface area (Å²) in [5.74, 6) is -0.305. The standard InChI is InChI=1S/C21H26N6O4S/c1-31-12-4-10-26-19-8-7-17(13-18(19)24-25-26)32(29,30)27-11-3-6-20(27)21(28)23-15-16-5-2-9-22-14-16/h2,5,7-9,13-14,20H,3-4,6,10-12,15H2,1H3,(H,23,28)/t20-/m0/s1. The topological polar surface area (TPSA) is 119 Å². The number of methoxy groups -OCH3 is 1. The van der Waals surface area contributed by atoms with Gasteiger partial charge in [0.05, 0.1) is 10.4 Å². The van der Waals surface area contributed by atoms with Gasteiger partial charge < -0.3 is 10.1 Å². The summed E-state index contributed by atoms with van der Waals surface area (Å²) in [4.78, 5) is 16.9. The molecule has 1 atom stereocenters. The zero-order valence-electron chi connectivity index (χ0n) is 17.8. The van der Waals surface area contributed by atoms with E-state index in [2.05, 4.69) is 20.6 Å². The van der Waals surface area contributed by atoms with E-state index >= 15 is 0 Å². The number of hydrogen-bond acceptors (Lipinski definition) is 7. The summed E-state index contributed by atoms with van der Waals surface area (Å²) in [5, 5.41) is 11.1. The molecule has 10 nitrogen and oxygen atoms in total. The van der Waals surface area contributed by atoms with Gasteiger partial charge in [0.15, 0.2) is 0 Å². The van der Waals surface area contributed by atoms with E-state index in [1.165, 1.54) is 10.4 Å². The molecular formula is C21H26N6O4S. The Kier molecular flexibility index (Phi) is 6.77. The molecule has 11 heteroatoms. The van der Waals surface area contributed by atoms with E-state index in [-0.39, 0.29) is 10.8 Å². The Morgan fingerprint density at radius 2 is 2.19 bits per heavy atom. The molecular weight excluding hydrogens is 432 g/mol. The third-order valence-electron chi connectivity index (χ3n) is 5.51. The van der Waals surface area contributed by atoms with Gasteiger partial charge in [-0.25, -0.2) is 13.1 Å². The van der Waals surface area contributed by atoms with Gasteiger partial charge in [-0.15, -0.1) is 5.10 Å². The number of aromatic nitrogens is 4. The molecule has 0 spiro atoms. The van der Waals surface area contributed by atoms with Crippen molar-refractivity contribution in [1.29, 1.82) is 0 Å². The predicted octanol–water partition coefficient (Wildman–Crippen LogP) is 1.33. The predicted molar refractivity (Wildman–Crippen MR) is 117 cm³/mol. The van der Waals surface area contributed by atoms with E-state index in [0.29, 0.717) is 44.6 Å². The second-order valence-corrected chi connectivity index (χ2v) is 9.55. The van der Waals surface area contributed by atoms with Crippen LogP contribution in [0.25, 0.3) is 11.0 Å². The molecule has 32 heavy (non-hydrogen) atoms. The molecule has 1 aliphatic heterocycles. The highest BCUT2D eigenvalue weighted by atomic mass is 32.2. The number of carbonyl (C=O) groups excluding carboxylic acids is 1. The van der Waals surface area contributed by atoms with Gasteiger partial charge in [-0.05, 0) is 49.1 Å². The van der Waals surface area contributed by atoms with Gasteiger partial charge in [-0.3, -0.25) is 9.78 Å². The second-order valence-electron chi connectivity index (χ2n) is 7.66. The highest BCUT2D eigenvalue weighted by Crippen LogP contribution is 2.28. The van der Waals surface area contributed by atoms with Crippen molar-refractivity contribution in [2.24, 2.45) is 0 Å². The minimum Gasteiger partial charge on any atom is -0.385 e. The maximum Gasteiger partial charge on any atom is 0.243 e. The zero-order valence-corrected chi connectivity index (χ0v) is 18.7. The lowest BCUT2D eigenvalue weighted by molar-refractivity contribution is -0.124. The molecule has 1 aliphatic rings. The molecule has 0 bridgehead atoms. The fourth-order valence-electron chi connectivity index (χ4n) is 3.87. The molecule has 0 unspecified atom stereocenters. The van der Waals surface area contributed by atoms with Crippen LogP contribution in [0.2, 0.25) is 0 Å². The number of fused-ring (bicyclic) bond motifs is 1. The zero-order chi connectivity index (χ0) is 22.6. The average molecular weight is 459 g/mol.